The Morgan fingerprint density at radius 1 is 0.733 bits per heavy atom. The zero-order chi connectivity index (χ0) is 21.6. The molecule has 0 spiro atoms. The van der Waals surface area contributed by atoms with Crippen LogP contribution in [0.1, 0.15) is 30.2 Å². The summed E-state index contributed by atoms with van der Waals surface area (Å²) in [7, 11) is 0. The fourth-order valence-electron chi connectivity index (χ4n) is 2.95. The molecule has 2 heterocycles. The van der Waals surface area contributed by atoms with Crippen LogP contribution in [0.3, 0.4) is 0 Å². The van der Waals surface area contributed by atoms with E-state index in [1.165, 1.54) is 50.2 Å². The maximum Gasteiger partial charge on any atom is 0.308 e. The van der Waals surface area contributed by atoms with Crippen molar-refractivity contribution in [3.8, 4) is 11.5 Å². The average molecular weight is 447 g/mol. The van der Waals surface area contributed by atoms with Gasteiger partial charge in [0.05, 0.1) is 10.0 Å². The first-order valence-electron chi connectivity index (χ1n) is 8.60. The van der Waals surface area contributed by atoms with Gasteiger partial charge in [-0.25, -0.2) is 0 Å². The van der Waals surface area contributed by atoms with Crippen molar-refractivity contribution in [1.82, 2.24) is 0 Å². The number of furan rings is 2. The number of esters is 2. The van der Waals surface area contributed by atoms with Gasteiger partial charge in [0.2, 0.25) is 0 Å². The van der Waals surface area contributed by atoms with Gasteiger partial charge < -0.3 is 18.3 Å². The predicted molar refractivity (Wildman–Crippen MR) is 108 cm³/mol. The molecule has 0 bridgehead atoms. The number of ether oxygens (including phenoxy) is 2. The molecule has 2 aromatic heterocycles. The second kappa shape index (κ2) is 7.51. The topological polar surface area (TPSA) is 96.0 Å². The third-order valence-electron chi connectivity index (χ3n) is 4.14. The predicted octanol–water partition coefficient (Wildman–Crippen LogP) is 5.57. The number of rotatable bonds is 4. The molecule has 0 aliphatic heterocycles. The van der Waals surface area contributed by atoms with Crippen LogP contribution in [0, 0.1) is 0 Å². The Bertz CT molecular complexity index is 1240. The van der Waals surface area contributed by atoms with Gasteiger partial charge in [-0.2, -0.15) is 0 Å². The molecule has 0 unspecified atom stereocenters. The van der Waals surface area contributed by atoms with Crippen LogP contribution in [0.4, 0.5) is 0 Å². The highest BCUT2D eigenvalue weighted by Crippen LogP contribution is 2.37. The molecule has 0 saturated heterocycles. The zero-order valence-corrected chi connectivity index (χ0v) is 17.1. The van der Waals surface area contributed by atoms with Crippen LogP contribution in [0.25, 0.3) is 21.9 Å². The second-order valence-electron chi connectivity index (χ2n) is 6.31. The van der Waals surface area contributed by atoms with E-state index in [4.69, 9.17) is 41.5 Å². The minimum Gasteiger partial charge on any atom is -0.448 e. The molecule has 0 amide bonds. The number of carbonyl (C=O) groups excluding carboxylic acids is 3. The highest BCUT2D eigenvalue weighted by atomic mass is 35.5. The lowest BCUT2D eigenvalue weighted by molar-refractivity contribution is -0.132. The van der Waals surface area contributed by atoms with Crippen molar-refractivity contribution in [1.29, 1.82) is 0 Å². The second-order valence-corrected chi connectivity index (χ2v) is 7.13. The monoisotopic (exact) mass is 446 g/mol. The van der Waals surface area contributed by atoms with E-state index in [0.29, 0.717) is 20.8 Å². The molecule has 0 N–H and O–H groups in total. The van der Waals surface area contributed by atoms with E-state index in [1.807, 2.05) is 0 Å². The standard InChI is InChI=1S/C21H12Cl2O7/c1-9(24)27-15-5-3-13(22)11-7-17(29-20(11)15)19(26)18-8-12-14(23)4-6-16(21(12)30-18)28-10(2)25/h3-8H,1-2H3. The summed E-state index contributed by atoms with van der Waals surface area (Å²) in [4.78, 5) is 35.6. The number of hydrogen-bond donors (Lipinski definition) is 0. The quantitative estimate of drug-likeness (QED) is 0.229. The van der Waals surface area contributed by atoms with Gasteiger partial charge in [-0.3, -0.25) is 14.4 Å². The fraction of sp³-hybridized carbons (Fsp3) is 0.0952. The Hall–Kier alpha value is -3.29. The minimum absolute atomic E-state index is 0.0873. The van der Waals surface area contributed by atoms with Crippen LogP contribution in [0.2, 0.25) is 10.0 Å². The van der Waals surface area contributed by atoms with Crippen molar-refractivity contribution in [2.24, 2.45) is 0 Å². The molecule has 0 fully saturated rings. The molecule has 4 aromatic rings. The van der Waals surface area contributed by atoms with Crippen molar-refractivity contribution in [2.75, 3.05) is 0 Å². The van der Waals surface area contributed by atoms with Crippen molar-refractivity contribution >= 4 is 62.9 Å². The van der Waals surface area contributed by atoms with E-state index < -0.39 is 17.7 Å². The highest BCUT2D eigenvalue weighted by Gasteiger charge is 2.24. The Balaban J connectivity index is 1.81. The molecule has 0 atom stereocenters. The van der Waals surface area contributed by atoms with Gasteiger partial charge in [-0.15, -0.1) is 0 Å². The van der Waals surface area contributed by atoms with E-state index >= 15 is 0 Å². The van der Waals surface area contributed by atoms with Crippen LogP contribution in [0.15, 0.2) is 45.2 Å². The van der Waals surface area contributed by atoms with E-state index in [1.54, 1.807) is 0 Å². The van der Waals surface area contributed by atoms with Crippen molar-refractivity contribution in [2.45, 2.75) is 13.8 Å². The molecule has 4 rings (SSSR count). The van der Waals surface area contributed by atoms with Crippen LogP contribution in [-0.2, 0) is 9.59 Å². The van der Waals surface area contributed by atoms with Gasteiger partial charge in [0.25, 0.3) is 5.78 Å². The summed E-state index contributed by atoms with van der Waals surface area (Å²) in [5.74, 6) is -1.61. The molecular weight excluding hydrogens is 435 g/mol. The summed E-state index contributed by atoms with van der Waals surface area (Å²) in [5, 5.41) is 1.42. The lowest BCUT2D eigenvalue weighted by Crippen LogP contribution is -2.01. The molecule has 0 saturated carbocycles. The van der Waals surface area contributed by atoms with E-state index in [0.717, 1.165) is 0 Å². The lowest BCUT2D eigenvalue weighted by atomic mass is 10.2. The van der Waals surface area contributed by atoms with E-state index in [2.05, 4.69) is 0 Å². The van der Waals surface area contributed by atoms with E-state index in [-0.39, 0.29) is 34.2 Å². The van der Waals surface area contributed by atoms with Crippen molar-refractivity contribution in [3.63, 3.8) is 0 Å². The molecule has 30 heavy (non-hydrogen) atoms. The Morgan fingerprint density at radius 3 is 1.50 bits per heavy atom. The molecule has 0 aliphatic carbocycles. The van der Waals surface area contributed by atoms with Crippen LogP contribution in [0.5, 0.6) is 11.5 Å². The number of halogens is 2. The molecule has 0 aliphatic rings. The Kier molecular flexibility index (Phi) is 5.01. The van der Waals surface area contributed by atoms with Crippen LogP contribution < -0.4 is 9.47 Å². The summed E-state index contributed by atoms with van der Waals surface area (Å²) in [5.41, 5.74) is 0.298. The summed E-state index contributed by atoms with van der Waals surface area (Å²) in [6.07, 6.45) is 0. The van der Waals surface area contributed by atoms with Gasteiger partial charge in [-0.1, -0.05) is 23.2 Å². The largest absolute Gasteiger partial charge is 0.448 e. The zero-order valence-electron chi connectivity index (χ0n) is 15.6. The molecular formula is C21H12Cl2O7. The maximum absolute atomic E-state index is 13.0. The molecule has 0 radical (unpaired) electrons. The van der Waals surface area contributed by atoms with Gasteiger partial charge in [0, 0.05) is 24.6 Å². The highest BCUT2D eigenvalue weighted by molar-refractivity contribution is 6.36. The maximum atomic E-state index is 13.0. The first kappa shape index (κ1) is 20.0. The normalized spacial score (nSPS) is 11.1. The summed E-state index contributed by atoms with van der Waals surface area (Å²) in [6, 6.07) is 8.84. The summed E-state index contributed by atoms with van der Waals surface area (Å²) < 4.78 is 21.5. The first-order valence-corrected chi connectivity index (χ1v) is 9.36. The van der Waals surface area contributed by atoms with Crippen LogP contribution >= 0.6 is 23.2 Å². The third-order valence-corrected chi connectivity index (χ3v) is 4.80. The van der Waals surface area contributed by atoms with Crippen LogP contribution in [-0.4, -0.2) is 17.7 Å². The molecule has 7 nitrogen and oxygen atoms in total. The lowest BCUT2D eigenvalue weighted by Gasteiger charge is -2.02. The first-order chi connectivity index (χ1) is 14.2. The SMILES string of the molecule is CC(=O)Oc1ccc(Cl)c2cc(C(=O)c3cc4c(Cl)ccc(OC(C)=O)c4o3)oc12. The average Bonchev–Trinajstić information content (AvgIpc) is 3.31. The Morgan fingerprint density at radius 2 is 1.13 bits per heavy atom. The van der Waals surface area contributed by atoms with Gasteiger partial charge in [0.15, 0.2) is 34.2 Å². The molecule has 9 heteroatoms. The molecule has 2 aromatic carbocycles. The van der Waals surface area contributed by atoms with Crippen molar-refractivity contribution in [3.05, 3.63) is 58.0 Å². The Labute approximate surface area is 179 Å². The smallest absolute Gasteiger partial charge is 0.308 e. The number of hydrogen-bond acceptors (Lipinski definition) is 7. The number of carbonyl (C=O) groups is 3. The number of benzene rings is 2. The van der Waals surface area contributed by atoms with Gasteiger partial charge in [0.1, 0.15) is 0 Å². The van der Waals surface area contributed by atoms with Gasteiger partial charge in [-0.05, 0) is 36.4 Å². The fourth-order valence-corrected chi connectivity index (χ4v) is 3.35. The van der Waals surface area contributed by atoms with E-state index in [9.17, 15) is 14.4 Å². The van der Waals surface area contributed by atoms with Crippen molar-refractivity contribution < 1.29 is 32.7 Å². The number of ketones is 1. The summed E-state index contributed by atoms with van der Waals surface area (Å²) in [6.45, 7) is 2.49. The summed E-state index contributed by atoms with van der Waals surface area (Å²) >= 11 is 12.4. The minimum atomic E-state index is -0.600. The number of fused-ring (bicyclic) bond motifs is 2. The molecule has 152 valence electrons. The third kappa shape index (κ3) is 3.53. The van der Waals surface area contributed by atoms with Gasteiger partial charge >= 0.3 is 11.9 Å².